The lowest BCUT2D eigenvalue weighted by Crippen LogP contribution is -2.29. The Hall–Kier alpha value is -2.93. The van der Waals surface area contributed by atoms with Crippen molar-refractivity contribution in [2.75, 3.05) is 17.2 Å². The second-order valence-corrected chi connectivity index (χ2v) is 7.07. The summed E-state index contributed by atoms with van der Waals surface area (Å²) in [5, 5.41) is 16.9. The van der Waals surface area contributed by atoms with Gasteiger partial charge in [0.25, 0.3) is 5.56 Å². The molecule has 0 aliphatic carbocycles. The zero-order valence-corrected chi connectivity index (χ0v) is 15.2. The minimum Gasteiger partial charge on any atom is -0.395 e. The quantitative estimate of drug-likeness (QED) is 0.653. The van der Waals surface area contributed by atoms with Crippen molar-refractivity contribution in [1.82, 2.24) is 14.5 Å². The van der Waals surface area contributed by atoms with Gasteiger partial charge in [-0.25, -0.2) is 9.97 Å². The van der Waals surface area contributed by atoms with Crippen LogP contribution in [-0.4, -0.2) is 31.8 Å². The van der Waals surface area contributed by atoms with Crippen LogP contribution in [0.25, 0.3) is 10.8 Å². The first-order valence-electron chi connectivity index (χ1n) is 8.49. The summed E-state index contributed by atoms with van der Waals surface area (Å²) >= 11 is 0. The van der Waals surface area contributed by atoms with Crippen LogP contribution in [0.2, 0.25) is 0 Å². The van der Waals surface area contributed by atoms with Crippen molar-refractivity contribution < 1.29 is 5.11 Å². The van der Waals surface area contributed by atoms with E-state index in [1.807, 2.05) is 51.1 Å². The first kappa shape index (κ1) is 17.9. The third-order valence-electron chi connectivity index (χ3n) is 3.71. The van der Waals surface area contributed by atoms with Gasteiger partial charge in [0.1, 0.15) is 17.5 Å². The summed E-state index contributed by atoms with van der Waals surface area (Å²) in [6, 6.07) is 9.25. The summed E-state index contributed by atoms with van der Waals surface area (Å²) in [5.74, 6) is 1.78. The van der Waals surface area contributed by atoms with E-state index in [-0.39, 0.29) is 24.2 Å². The van der Waals surface area contributed by atoms with Crippen molar-refractivity contribution in [1.29, 1.82) is 0 Å². The Morgan fingerprint density at radius 3 is 2.65 bits per heavy atom. The summed E-state index contributed by atoms with van der Waals surface area (Å²) < 4.78 is 1.49. The Kier molecular flexibility index (Phi) is 4.90. The molecule has 0 saturated heterocycles. The number of anilines is 3. The van der Waals surface area contributed by atoms with Gasteiger partial charge in [0.05, 0.1) is 12.0 Å². The maximum Gasteiger partial charge on any atom is 0.262 e. The number of hydrogen-bond donors (Lipinski definition) is 3. The molecule has 136 valence electrons. The van der Waals surface area contributed by atoms with E-state index in [4.69, 9.17) is 0 Å². The molecule has 0 saturated carbocycles. The van der Waals surface area contributed by atoms with E-state index < -0.39 is 0 Å². The van der Waals surface area contributed by atoms with Crippen LogP contribution >= 0.6 is 0 Å². The summed E-state index contributed by atoms with van der Waals surface area (Å²) in [4.78, 5) is 21.7. The van der Waals surface area contributed by atoms with Crippen molar-refractivity contribution in [2.24, 2.45) is 0 Å². The van der Waals surface area contributed by atoms with E-state index in [9.17, 15) is 9.90 Å². The fourth-order valence-electron chi connectivity index (χ4n) is 2.66. The van der Waals surface area contributed by atoms with Gasteiger partial charge in [0.2, 0.25) is 0 Å². The lowest BCUT2D eigenvalue weighted by Gasteiger charge is -2.23. The lowest BCUT2D eigenvalue weighted by atomic mass is 10.1. The van der Waals surface area contributed by atoms with Crippen LogP contribution in [0.1, 0.15) is 20.8 Å². The van der Waals surface area contributed by atoms with Gasteiger partial charge in [-0.05, 0) is 50.4 Å². The molecule has 0 aliphatic rings. The molecule has 3 N–H and O–H groups in total. The second kappa shape index (κ2) is 7.13. The first-order chi connectivity index (χ1) is 12.4. The third kappa shape index (κ3) is 4.00. The molecule has 0 spiro atoms. The maximum atomic E-state index is 12.8. The molecule has 0 aliphatic heterocycles. The minimum absolute atomic E-state index is 0.0970. The normalized spacial score (nSPS) is 11.5. The van der Waals surface area contributed by atoms with E-state index in [1.54, 1.807) is 12.4 Å². The second-order valence-electron chi connectivity index (χ2n) is 7.07. The van der Waals surface area contributed by atoms with Crippen LogP contribution in [0, 0.1) is 0 Å². The topological polar surface area (TPSA) is 92.1 Å². The number of pyridine rings is 3. The van der Waals surface area contributed by atoms with E-state index in [2.05, 4.69) is 20.6 Å². The molecule has 7 nitrogen and oxygen atoms in total. The molecule has 0 radical (unpaired) electrons. The first-order valence-corrected chi connectivity index (χ1v) is 8.49. The Labute approximate surface area is 151 Å². The van der Waals surface area contributed by atoms with Crippen molar-refractivity contribution in [3.63, 3.8) is 0 Å². The molecular weight excluding hydrogens is 330 g/mol. The fourth-order valence-corrected chi connectivity index (χ4v) is 2.66. The van der Waals surface area contributed by atoms with E-state index in [0.29, 0.717) is 22.8 Å². The predicted octanol–water partition coefficient (Wildman–Crippen LogP) is 2.74. The largest absolute Gasteiger partial charge is 0.395 e. The molecule has 3 heterocycles. The molecule has 0 unspecified atom stereocenters. The molecular formula is C19H23N5O2. The number of nitrogens with zero attached hydrogens (tertiary/aromatic N) is 3. The van der Waals surface area contributed by atoms with Crippen LogP contribution in [0.3, 0.4) is 0 Å². The van der Waals surface area contributed by atoms with E-state index >= 15 is 0 Å². The summed E-state index contributed by atoms with van der Waals surface area (Å²) in [5.41, 5.74) is -0.451. The van der Waals surface area contributed by atoms with Gasteiger partial charge in [0.15, 0.2) is 0 Å². The Morgan fingerprint density at radius 2 is 2.00 bits per heavy atom. The summed E-state index contributed by atoms with van der Waals surface area (Å²) in [7, 11) is 0. The maximum absolute atomic E-state index is 12.8. The highest BCUT2D eigenvalue weighted by atomic mass is 16.3. The summed E-state index contributed by atoms with van der Waals surface area (Å²) in [6.07, 6.45) is 3.39. The average molecular weight is 353 g/mol. The van der Waals surface area contributed by atoms with Gasteiger partial charge in [-0.3, -0.25) is 4.79 Å². The number of aliphatic hydroxyl groups excluding tert-OH is 1. The number of aliphatic hydroxyl groups is 1. The van der Waals surface area contributed by atoms with Crippen LogP contribution in [0.5, 0.6) is 0 Å². The van der Waals surface area contributed by atoms with E-state index in [1.165, 1.54) is 4.57 Å². The van der Waals surface area contributed by atoms with Crippen molar-refractivity contribution in [2.45, 2.75) is 32.9 Å². The van der Waals surface area contributed by atoms with Crippen molar-refractivity contribution in [3.05, 3.63) is 53.1 Å². The van der Waals surface area contributed by atoms with Gasteiger partial charge >= 0.3 is 0 Å². The zero-order valence-electron chi connectivity index (χ0n) is 15.2. The van der Waals surface area contributed by atoms with Gasteiger partial charge in [0, 0.05) is 24.5 Å². The molecule has 26 heavy (non-hydrogen) atoms. The van der Waals surface area contributed by atoms with Crippen LogP contribution < -0.4 is 16.2 Å². The Bertz CT molecular complexity index is 961. The number of rotatable bonds is 5. The number of hydrogen-bond acceptors (Lipinski definition) is 6. The standard InChI is InChI=1S/C19H23N5O2/c1-19(2,3)23-17-16-13(7-9-24(10-11-25)18(16)26)12-15(22-17)21-14-6-4-5-8-20-14/h4-9,12,25H,10-11H2,1-3H3,(H2,20,21,22,23). The molecule has 0 bridgehead atoms. The number of nitrogens with one attached hydrogen (secondary N) is 2. The highest BCUT2D eigenvalue weighted by Gasteiger charge is 2.17. The SMILES string of the molecule is CC(C)(C)Nc1nc(Nc2ccccn2)cc2ccn(CCO)c(=O)c12. The molecule has 0 fully saturated rings. The van der Waals surface area contributed by atoms with Gasteiger partial charge < -0.3 is 20.3 Å². The third-order valence-corrected chi connectivity index (χ3v) is 3.71. The minimum atomic E-state index is -0.270. The Balaban J connectivity index is 2.15. The van der Waals surface area contributed by atoms with Crippen molar-refractivity contribution >= 4 is 28.2 Å². The van der Waals surface area contributed by atoms with Gasteiger partial charge in [-0.15, -0.1) is 0 Å². The monoisotopic (exact) mass is 353 g/mol. The molecule has 3 aromatic rings. The number of aromatic nitrogens is 3. The Morgan fingerprint density at radius 1 is 1.19 bits per heavy atom. The molecule has 3 rings (SSSR count). The summed E-state index contributed by atoms with van der Waals surface area (Å²) in [6.45, 7) is 6.18. The molecule has 0 aromatic carbocycles. The average Bonchev–Trinajstić information content (AvgIpc) is 2.57. The smallest absolute Gasteiger partial charge is 0.262 e. The highest BCUT2D eigenvalue weighted by molar-refractivity contribution is 5.93. The highest BCUT2D eigenvalue weighted by Crippen LogP contribution is 2.25. The molecule has 0 amide bonds. The van der Waals surface area contributed by atoms with Crippen LogP contribution in [0.4, 0.5) is 17.5 Å². The van der Waals surface area contributed by atoms with Gasteiger partial charge in [-0.1, -0.05) is 6.07 Å². The number of fused-ring (bicyclic) bond motifs is 1. The lowest BCUT2D eigenvalue weighted by molar-refractivity contribution is 0.274. The van der Waals surface area contributed by atoms with E-state index in [0.717, 1.165) is 5.39 Å². The molecule has 7 heteroatoms. The van der Waals surface area contributed by atoms with Crippen molar-refractivity contribution in [3.8, 4) is 0 Å². The van der Waals surface area contributed by atoms with Crippen LogP contribution in [-0.2, 0) is 6.54 Å². The molecule has 0 atom stereocenters. The molecule has 3 aromatic heterocycles. The predicted molar refractivity (Wildman–Crippen MR) is 104 cm³/mol. The van der Waals surface area contributed by atoms with Crippen LogP contribution in [0.15, 0.2) is 47.5 Å². The van der Waals surface area contributed by atoms with Gasteiger partial charge in [-0.2, -0.15) is 0 Å². The zero-order chi connectivity index (χ0) is 18.7. The fraction of sp³-hybridized carbons (Fsp3) is 0.316.